The second kappa shape index (κ2) is 4.74. The Hall–Kier alpha value is -1.75. The molecule has 0 spiro atoms. The average molecular weight is 261 g/mol. The highest BCUT2D eigenvalue weighted by Crippen LogP contribution is 2.29. The van der Waals surface area contributed by atoms with Crippen molar-refractivity contribution in [1.29, 1.82) is 0 Å². The molecule has 102 valence electrons. The first-order valence-electron chi connectivity index (χ1n) is 6.72. The number of hydrogen-bond donors (Lipinski definition) is 2. The van der Waals surface area contributed by atoms with Crippen LogP contribution in [0.3, 0.4) is 0 Å². The van der Waals surface area contributed by atoms with Crippen molar-refractivity contribution < 1.29 is 9.52 Å². The van der Waals surface area contributed by atoms with Gasteiger partial charge in [0.1, 0.15) is 5.52 Å². The van der Waals surface area contributed by atoms with Crippen LogP contribution < -0.4 is 10.6 Å². The molecule has 2 atom stereocenters. The minimum absolute atomic E-state index is 0.0826. The molecule has 0 saturated heterocycles. The van der Waals surface area contributed by atoms with E-state index in [4.69, 9.17) is 10.2 Å². The summed E-state index contributed by atoms with van der Waals surface area (Å²) in [6.45, 7) is 0. The van der Waals surface area contributed by atoms with E-state index in [1.54, 1.807) is 12.1 Å². The van der Waals surface area contributed by atoms with Crippen LogP contribution in [0.4, 0.5) is 11.7 Å². The molecule has 0 radical (unpaired) electrons. The van der Waals surface area contributed by atoms with E-state index < -0.39 is 0 Å². The number of aliphatic hydroxyl groups excluding tert-OH is 1. The molecule has 1 saturated carbocycles. The van der Waals surface area contributed by atoms with E-state index in [0.29, 0.717) is 11.7 Å². The van der Waals surface area contributed by atoms with Gasteiger partial charge in [-0.05, 0) is 31.0 Å². The fourth-order valence-corrected chi connectivity index (χ4v) is 2.77. The quantitative estimate of drug-likeness (QED) is 0.810. The topological polar surface area (TPSA) is 75.5 Å². The van der Waals surface area contributed by atoms with Gasteiger partial charge in [0.2, 0.25) is 0 Å². The maximum Gasteiger partial charge on any atom is 0.298 e. The lowest BCUT2D eigenvalue weighted by Crippen LogP contribution is -2.43. The van der Waals surface area contributed by atoms with Crippen molar-refractivity contribution in [3.8, 4) is 0 Å². The van der Waals surface area contributed by atoms with E-state index in [2.05, 4.69) is 4.98 Å². The molecule has 1 aliphatic rings. The van der Waals surface area contributed by atoms with Crippen LogP contribution in [0.2, 0.25) is 0 Å². The third-order valence-electron chi connectivity index (χ3n) is 3.89. The lowest BCUT2D eigenvalue weighted by molar-refractivity contribution is 0.104. The Labute approximate surface area is 112 Å². The molecule has 1 heterocycles. The Kier molecular flexibility index (Phi) is 3.06. The van der Waals surface area contributed by atoms with E-state index in [0.717, 1.165) is 36.8 Å². The highest BCUT2D eigenvalue weighted by molar-refractivity contribution is 5.78. The zero-order valence-electron chi connectivity index (χ0n) is 11.0. The van der Waals surface area contributed by atoms with Gasteiger partial charge in [0.25, 0.3) is 6.01 Å². The Bertz CT molecular complexity index is 581. The van der Waals surface area contributed by atoms with Crippen molar-refractivity contribution in [2.24, 2.45) is 0 Å². The molecule has 1 fully saturated rings. The summed E-state index contributed by atoms with van der Waals surface area (Å²) in [5.41, 5.74) is 7.89. The molecule has 5 nitrogen and oxygen atoms in total. The second-order valence-corrected chi connectivity index (χ2v) is 5.25. The molecule has 1 aliphatic carbocycles. The van der Waals surface area contributed by atoms with Crippen LogP contribution in [0.25, 0.3) is 11.1 Å². The van der Waals surface area contributed by atoms with Crippen LogP contribution in [-0.4, -0.2) is 29.3 Å². The number of nitrogens with zero attached hydrogens (tertiary/aromatic N) is 2. The van der Waals surface area contributed by atoms with E-state index in [9.17, 15) is 5.11 Å². The van der Waals surface area contributed by atoms with E-state index >= 15 is 0 Å². The number of oxazole rings is 1. The molecule has 3 rings (SSSR count). The van der Waals surface area contributed by atoms with E-state index in [-0.39, 0.29) is 12.1 Å². The number of fused-ring (bicyclic) bond motifs is 1. The maximum atomic E-state index is 10.1. The highest BCUT2D eigenvalue weighted by atomic mass is 16.4. The molecule has 1 aromatic heterocycles. The number of likely N-dealkylation sites (N-methyl/N-ethyl adjacent to an activating group) is 1. The predicted octanol–water partition coefficient (Wildman–Crippen LogP) is 2.15. The van der Waals surface area contributed by atoms with Gasteiger partial charge in [-0.15, -0.1) is 0 Å². The first-order valence-corrected chi connectivity index (χ1v) is 6.72. The Morgan fingerprint density at radius 1 is 1.37 bits per heavy atom. The normalized spacial score (nSPS) is 23.7. The molecule has 0 aliphatic heterocycles. The number of aromatic nitrogens is 1. The number of benzene rings is 1. The standard InChI is InChI=1S/C14H19N3O2/c1-17(11-4-2-3-5-12(11)18)14-16-10-8-9(15)6-7-13(10)19-14/h6-8,11-12,18H,2-5,15H2,1H3. The van der Waals surface area contributed by atoms with Gasteiger partial charge in [-0.2, -0.15) is 4.98 Å². The zero-order valence-corrected chi connectivity index (χ0v) is 11.0. The SMILES string of the molecule is CN(c1nc2cc(N)ccc2o1)C1CCCCC1O. The van der Waals surface area contributed by atoms with Crippen molar-refractivity contribution in [2.75, 3.05) is 17.7 Å². The Morgan fingerprint density at radius 2 is 2.16 bits per heavy atom. The van der Waals surface area contributed by atoms with Crippen LogP contribution in [-0.2, 0) is 0 Å². The average Bonchev–Trinajstić information content (AvgIpc) is 2.81. The highest BCUT2D eigenvalue weighted by Gasteiger charge is 2.29. The van der Waals surface area contributed by atoms with Gasteiger partial charge in [-0.1, -0.05) is 12.8 Å². The van der Waals surface area contributed by atoms with E-state index in [1.807, 2.05) is 18.0 Å². The van der Waals surface area contributed by atoms with Crippen LogP contribution in [0.1, 0.15) is 25.7 Å². The van der Waals surface area contributed by atoms with Crippen LogP contribution in [0.5, 0.6) is 0 Å². The first-order chi connectivity index (χ1) is 9.15. The molecule has 19 heavy (non-hydrogen) atoms. The minimum Gasteiger partial charge on any atom is -0.423 e. The number of rotatable bonds is 2. The van der Waals surface area contributed by atoms with Crippen molar-refractivity contribution in [3.05, 3.63) is 18.2 Å². The Morgan fingerprint density at radius 3 is 2.95 bits per heavy atom. The van der Waals surface area contributed by atoms with Crippen molar-refractivity contribution in [3.63, 3.8) is 0 Å². The van der Waals surface area contributed by atoms with Crippen LogP contribution in [0, 0.1) is 0 Å². The van der Waals surface area contributed by atoms with Gasteiger partial charge in [-0.3, -0.25) is 0 Å². The summed E-state index contributed by atoms with van der Waals surface area (Å²) in [5.74, 6) is 0. The molecular formula is C14H19N3O2. The van der Waals surface area contributed by atoms with Gasteiger partial charge in [0.15, 0.2) is 5.58 Å². The third kappa shape index (κ3) is 2.26. The van der Waals surface area contributed by atoms with Crippen molar-refractivity contribution >= 4 is 22.8 Å². The summed E-state index contributed by atoms with van der Waals surface area (Å²) in [7, 11) is 1.92. The first kappa shape index (κ1) is 12.3. The van der Waals surface area contributed by atoms with E-state index in [1.165, 1.54) is 0 Å². The summed E-state index contributed by atoms with van der Waals surface area (Å²) >= 11 is 0. The summed E-state index contributed by atoms with van der Waals surface area (Å²) in [5, 5.41) is 10.1. The number of nitrogen functional groups attached to an aromatic ring is 1. The summed E-state index contributed by atoms with van der Waals surface area (Å²) in [4.78, 5) is 6.40. The van der Waals surface area contributed by atoms with Crippen molar-refractivity contribution in [1.82, 2.24) is 4.98 Å². The minimum atomic E-state index is -0.307. The number of anilines is 2. The predicted molar refractivity (Wildman–Crippen MR) is 75.1 cm³/mol. The lowest BCUT2D eigenvalue weighted by Gasteiger charge is -2.34. The van der Waals surface area contributed by atoms with Crippen molar-refractivity contribution in [2.45, 2.75) is 37.8 Å². The fourth-order valence-electron chi connectivity index (χ4n) is 2.77. The fraction of sp³-hybridized carbons (Fsp3) is 0.500. The van der Waals surface area contributed by atoms with Gasteiger partial charge < -0.3 is 20.2 Å². The third-order valence-corrected chi connectivity index (χ3v) is 3.89. The lowest BCUT2D eigenvalue weighted by atomic mass is 9.92. The summed E-state index contributed by atoms with van der Waals surface area (Å²) in [6, 6.07) is 6.05. The second-order valence-electron chi connectivity index (χ2n) is 5.25. The molecule has 0 amide bonds. The number of hydrogen-bond acceptors (Lipinski definition) is 5. The number of nitrogens with two attached hydrogens (primary N) is 1. The maximum absolute atomic E-state index is 10.1. The van der Waals surface area contributed by atoms with Gasteiger partial charge in [0.05, 0.1) is 12.1 Å². The molecule has 5 heteroatoms. The molecule has 2 unspecified atom stereocenters. The zero-order chi connectivity index (χ0) is 13.4. The molecule has 0 bridgehead atoms. The van der Waals surface area contributed by atoms with Crippen LogP contribution in [0.15, 0.2) is 22.6 Å². The molecule has 3 N–H and O–H groups in total. The summed E-state index contributed by atoms with van der Waals surface area (Å²) in [6.07, 6.45) is 3.74. The Balaban J connectivity index is 1.90. The smallest absolute Gasteiger partial charge is 0.298 e. The molecule has 2 aromatic rings. The largest absolute Gasteiger partial charge is 0.423 e. The van der Waals surface area contributed by atoms with Gasteiger partial charge in [0, 0.05) is 12.7 Å². The molecular weight excluding hydrogens is 242 g/mol. The van der Waals surface area contributed by atoms with Gasteiger partial charge in [-0.25, -0.2) is 0 Å². The monoisotopic (exact) mass is 261 g/mol. The molecule has 1 aromatic carbocycles. The summed E-state index contributed by atoms with van der Waals surface area (Å²) < 4.78 is 5.73. The van der Waals surface area contributed by atoms with Crippen LogP contribution >= 0.6 is 0 Å². The van der Waals surface area contributed by atoms with Gasteiger partial charge >= 0.3 is 0 Å². The number of aliphatic hydroxyl groups is 1.